The molecule has 0 aliphatic rings. The summed E-state index contributed by atoms with van der Waals surface area (Å²) in [7, 11) is 1.89. The molecule has 24 heavy (non-hydrogen) atoms. The summed E-state index contributed by atoms with van der Waals surface area (Å²) in [6.07, 6.45) is 4.70. The van der Waals surface area contributed by atoms with Crippen LogP contribution in [0.1, 0.15) is 16.1 Å². The van der Waals surface area contributed by atoms with E-state index in [1.807, 2.05) is 17.8 Å². The molecule has 0 aliphatic carbocycles. The number of esters is 1. The van der Waals surface area contributed by atoms with Gasteiger partial charge in [-0.2, -0.15) is 0 Å². The number of imidazole rings is 1. The van der Waals surface area contributed by atoms with Crippen LogP contribution in [-0.4, -0.2) is 15.5 Å². The van der Waals surface area contributed by atoms with E-state index in [1.54, 1.807) is 36.5 Å². The lowest BCUT2D eigenvalue weighted by Crippen LogP contribution is -2.14. The number of ether oxygens (including phenoxy) is 1. The average Bonchev–Trinajstić information content (AvgIpc) is 3.01. The van der Waals surface area contributed by atoms with E-state index in [0.29, 0.717) is 17.1 Å². The largest absolute Gasteiger partial charge is 0.464 e. The summed E-state index contributed by atoms with van der Waals surface area (Å²) in [6, 6.07) is 9.78. The Morgan fingerprint density at radius 1 is 1.33 bits per heavy atom. The lowest BCUT2D eigenvalue weighted by atomic mass is 10.2. The van der Waals surface area contributed by atoms with Crippen LogP contribution in [0.3, 0.4) is 0 Å². The van der Waals surface area contributed by atoms with Gasteiger partial charge < -0.3 is 13.7 Å². The van der Waals surface area contributed by atoms with Crippen LogP contribution in [0.4, 0.5) is 0 Å². The van der Waals surface area contributed by atoms with Gasteiger partial charge >= 0.3 is 5.97 Å². The monoisotopic (exact) mass is 342 g/mol. The first-order valence-corrected chi connectivity index (χ1v) is 8.11. The smallest absolute Gasteiger partial charge is 0.343 e. The molecule has 2 heterocycles. The number of aryl methyl sites for hydroxylation is 1. The Bertz CT molecular complexity index is 902. The van der Waals surface area contributed by atoms with Gasteiger partial charge in [0.05, 0.1) is 11.3 Å². The van der Waals surface area contributed by atoms with Crippen molar-refractivity contribution in [3.8, 4) is 5.75 Å². The fraction of sp³-hybridized carbons (Fsp3) is 0.118. The molecule has 0 aliphatic heterocycles. The summed E-state index contributed by atoms with van der Waals surface area (Å²) in [5, 5.41) is 0.817. The molecule has 0 unspecified atom stereocenters. The number of aromatic nitrogens is 2. The van der Waals surface area contributed by atoms with Gasteiger partial charge in [0.2, 0.25) is 11.2 Å². The maximum atomic E-state index is 12.1. The topological polar surface area (TPSA) is 74.3 Å². The number of hydrogen-bond donors (Lipinski definition) is 0. The van der Waals surface area contributed by atoms with E-state index >= 15 is 0 Å². The maximum absolute atomic E-state index is 12.1. The Morgan fingerprint density at radius 3 is 2.79 bits per heavy atom. The van der Waals surface area contributed by atoms with Crippen molar-refractivity contribution >= 4 is 17.7 Å². The number of thioether (sulfide) groups is 1. The molecular weight excluding hydrogens is 328 g/mol. The molecule has 0 amide bonds. The third-order valence-electron chi connectivity index (χ3n) is 3.18. The molecule has 0 spiro atoms. The molecule has 6 nitrogen and oxygen atoms in total. The summed E-state index contributed by atoms with van der Waals surface area (Å²) in [5.74, 6) is 0.202. The van der Waals surface area contributed by atoms with Gasteiger partial charge in [0.15, 0.2) is 5.16 Å². The van der Waals surface area contributed by atoms with Crippen LogP contribution in [0.15, 0.2) is 69.4 Å². The van der Waals surface area contributed by atoms with Crippen LogP contribution in [0, 0.1) is 0 Å². The zero-order chi connectivity index (χ0) is 16.9. The molecule has 0 radical (unpaired) electrons. The first-order chi connectivity index (χ1) is 11.6. The number of hydrogen-bond acceptors (Lipinski definition) is 6. The van der Waals surface area contributed by atoms with Gasteiger partial charge in [-0.25, -0.2) is 9.78 Å². The fourth-order valence-electron chi connectivity index (χ4n) is 1.95. The second-order valence-electron chi connectivity index (χ2n) is 4.94. The summed E-state index contributed by atoms with van der Waals surface area (Å²) < 4.78 is 12.3. The van der Waals surface area contributed by atoms with E-state index in [1.165, 1.54) is 17.8 Å². The van der Waals surface area contributed by atoms with Gasteiger partial charge in [0.1, 0.15) is 12.0 Å². The molecule has 0 N–H and O–H groups in total. The predicted molar refractivity (Wildman–Crippen MR) is 89.1 cm³/mol. The quantitative estimate of drug-likeness (QED) is 0.524. The van der Waals surface area contributed by atoms with E-state index in [0.717, 1.165) is 11.4 Å². The second-order valence-corrected chi connectivity index (χ2v) is 5.88. The minimum Gasteiger partial charge on any atom is -0.464 e. The second kappa shape index (κ2) is 7.18. The number of nitrogens with zero attached hydrogens (tertiary/aromatic N) is 2. The Morgan fingerprint density at radius 2 is 2.12 bits per heavy atom. The molecule has 0 saturated heterocycles. The van der Waals surface area contributed by atoms with Crippen molar-refractivity contribution in [3.05, 3.63) is 76.6 Å². The highest BCUT2D eigenvalue weighted by atomic mass is 32.2. The van der Waals surface area contributed by atoms with Crippen molar-refractivity contribution < 1.29 is 13.9 Å². The highest BCUT2D eigenvalue weighted by Gasteiger charge is 2.12. The van der Waals surface area contributed by atoms with Gasteiger partial charge in [0, 0.05) is 25.5 Å². The van der Waals surface area contributed by atoms with Gasteiger partial charge in [-0.1, -0.05) is 30.0 Å². The highest BCUT2D eigenvalue weighted by molar-refractivity contribution is 7.98. The third-order valence-corrected chi connectivity index (χ3v) is 4.27. The molecule has 1 aromatic carbocycles. The van der Waals surface area contributed by atoms with E-state index in [9.17, 15) is 9.59 Å². The molecule has 3 rings (SSSR count). The summed E-state index contributed by atoms with van der Waals surface area (Å²) >= 11 is 1.44. The van der Waals surface area contributed by atoms with Crippen molar-refractivity contribution in [1.29, 1.82) is 0 Å². The summed E-state index contributed by atoms with van der Waals surface area (Å²) in [6.45, 7) is 0. The van der Waals surface area contributed by atoms with Gasteiger partial charge in [-0.05, 0) is 12.1 Å². The minimum atomic E-state index is -0.599. The fourth-order valence-corrected chi connectivity index (χ4v) is 2.77. The normalized spacial score (nSPS) is 10.5. The number of carbonyl (C=O) groups excluding carboxylic acids is 1. The highest BCUT2D eigenvalue weighted by Crippen LogP contribution is 2.20. The van der Waals surface area contributed by atoms with Crippen molar-refractivity contribution in [2.75, 3.05) is 0 Å². The van der Waals surface area contributed by atoms with Gasteiger partial charge in [-0.15, -0.1) is 0 Å². The van der Waals surface area contributed by atoms with Crippen LogP contribution in [0.25, 0.3) is 0 Å². The van der Waals surface area contributed by atoms with E-state index in [4.69, 9.17) is 9.15 Å². The molecule has 0 atom stereocenters. The first-order valence-electron chi connectivity index (χ1n) is 7.12. The van der Waals surface area contributed by atoms with E-state index < -0.39 is 11.4 Å². The van der Waals surface area contributed by atoms with Gasteiger partial charge in [-0.3, -0.25) is 4.79 Å². The molecule has 3 aromatic rings. The van der Waals surface area contributed by atoms with E-state index in [-0.39, 0.29) is 5.75 Å². The van der Waals surface area contributed by atoms with Crippen LogP contribution in [-0.2, 0) is 12.8 Å². The molecule has 0 saturated carbocycles. The van der Waals surface area contributed by atoms with Crippen molar-refractivity contribution in [1.82, 2.24) is 9.55 Å². The third kappa shape index (κ3) is 3.75. The molecular formula is C17H14N2O4S. The Labute approximate surface area is 142 Å². The predicted octanol–water partition coefficient (Wildman–Crippen LogP) is 2.88. The zero-order valence-electron chi connectivity index (χ0n) is 12.8. The lowest BCUT2D eigenvalue weighted by molar-refractivity contribution is 0.0729. The number of benzene rings is 1. The van der Waals surface area contributed by atoms with Crippen LogP contribution < -0.4 is 10.2 Å². The molecule has 0 bridgehead atoms. The Balaban J connectivity index is 1.67. The first kappa shape index (κ1) is 16.1. The van der Waals surface area contributed by atoms with Crippen molar-refractivity contribution in [3.63, 3.8) is 0 Å². The molecule has 0 fully saturated rings. The SMILES string of the molecule is Cn1ccnc1SCc1cc(=O)c(OC(=O)c2ccccc2)co1. The zero-order valence-corrected chi connectivity index (χ0v) is 13.7. The minimum absolute atomic E-state index is 0.130. The molecule has 2 aromatic heterocycles. The average molecular weight is 342 g/mol. The molecule has 7 heteroatoms. The Kier molecular flexibility index (Phi) is 4.81. The van der Waals surface area contributed by atoms with E-state index in [2.05, 4.69) is 4.98 Å². The van der Waals surface area contributed by atoms with Crippen LogP contribution in [0.2, 0.25) is 0 Å². The van der Waals surface area contributed by atoms with Crippen LogP contribution in [0.5, 0.6) is 5.75 Å². The van der Waals surface area contributed by atoms with Crippen molar-refractivity contribution in [2.24, 2.45) is 7.05 Å². The number of rotatable bonds is 5. The summed E-state index contributed by atoms with van der Waals surface area (Å²) in [5.41, 5.74) is -0.0349. The number of carbonyl (C=O) groups is 1. The standard InChI is InChI=1S/C17H14N2O4S/c1-19-8-7-18-17(19)24-11-13-9-14(20)15(10-22-13)23-16(21)12-5-3-2-4-6-12/h2-10H,11H2,1H3. The van der Waals surface area contributed by atoms with Crippen molar-refractivity contribution in [2.45, 2.75) is 10.9 Å². The lowest BCUT2D eigenvalue weighted by Gasteiger charge is -2.04. The summed E-state index contributed by atoms with van der Waals surface area (Å²) in [4.78, 5) is 28.2. The van der Waals surface area contributed by atoms with Crippen LogP contribution >= 0.6 is 11.8 Å². The van der Waals surface area contributed by atoms with Gasteiger partial charge in [0.25, 0.3) is 0 Å². The Hall–Kier alpha value is -2.80. The molecule has 122 valence electrons. The maximum Gasteiger partial charge on any atom is 0.343 e.